The Kier molecular flexibility index (Phi) is 5.22. The molecule has 1 saturated heterocycles. The number of urea groups is 1. The van der Waals surface area contributed by atoms with E-state index < -0.39 is 16.1 Å². The first kappa shape index (κ1) is 20.0. The van der Waals surface area contributed by atoms with Crippen molar-refractivity contribution in [3.63, 3.8) is 0 Å². The van der Waals surface area contributed by atoms with E-state index in [0.717, 1.165) is 0 Å². The third-order valence-corrected chi connectivity index (χ3v) is 5.67. The van der Waals surface area contributed by atoms with Gasteiger partial charge in [0.05, 0.1) is 10.9 Å². The van der Waals surface area contributed by atoms with Crippen molar-refractivity contribution in [3.8, 4) is 11.5 Å². The molecule has 1 atom stereocenters. The quantitative estimate of drug-likeness (QED) is 0.659. The minimum atomic E-state index is -3.80. The number of hydrogen-bond acceptors (Lipinski definition) is 6. The molecule has 0 spiro atoms. The lowest BCUT2D eigenvalue weighted by atomic mass is 10.2. The molecular weight excluding hydrogens is 412 g/mol. The number of primary sulfonamides is 1. The molecule has 11 heteroatoms. The van der Waals surface area contributed by atoms with Crippen LogP contribution in [0.15, 0.2) is 47.4 Å². The number of ether oxygens (including phenoxy) is 2. The molecule has 2 aliphatic rings. The molecule has 3 amide bonds. The number of carbonyl (C=O) groups is 2. The van der Waals surface area contributed by atoms with E-state index in [1.54, 1.807) is 23.1 Å². The minimum absolute atomic E-state index is 0.0510. The lowest BCUT2D eigenvalue weighted by Crippen LogP contribution is -2.39. The molecule has 158 valence electrons. The first-order valence-electron chi connectivity index (χ1n) is 9.20. The van der Waals surface area contributed by atoms with E-state index in [1.807, 2.05) is 0 Å². The second kappa shape index (κ2) is 7.84. The number of anilines is 2. The maximum atomic E-state index is 12.4. The molecule has 2 aromatic rings. The number of rotatable bonds is 4. The summed E-state index contributed by atoms with van der Waals surface area (Å²) in [5.41, 5.74) is 1.07. The highest BCUT2D eigenvalue weighted by Gasteiger charge is 2.32. The second-order valence-electron chi connectivity index (χ2n) is 6.90. The molecule has 2 heterocycles. The summed E-state index contributed by atoms with van der Waals surface area (Å²) < 4.78 is 33.6. The van der Waals surface area contributed by atoms with E-state index in [0.29, 0.717) is 42.6 Å². The zero-order chi connectivity index (χ0) is 21.3. The fourth-order valence-corrected chi connectivity index (χ4v) is 3.85. The zero-order valence-corrected chi connectivity index (χ0v) is 16.6. The van der Waals surface area contributed by atoms with Crippen LogP contribution in [-0.4, -0.2) is 46.2 Å². The van der Waals surface area contributed by atoms with Crippen molar-refractivity contribution in [3.05, 3.63) is 42.5 Å². The Morgan fingerprint density at radius 1 is 1.07 bits per heavy atom. The number of benzene rings is 2. The van der Waals surface area contributed by atoms with Gasteiger partial charge in [-0.1, -0.05) is 0 Å². The summed E-state index contributed by atoms with van der Waals surface area (Å²) in [5, 5.41) is 10.4. The van der Waals surface area contributed by atoms with Crippen LogP contribution in [-0.2, 0) is 14.8 Å². The van der Waals surface area contributed by atoms with E-state index >= 15 is 0 Å². The Balaban J connectivity index is 1.37. The number of fused-ring (bicyclic) bond motifs is 1. The van der Waals surface area contributed by atoms with Gasteiger partial charge < -0.3 is 25.0 Å². The number of amides is 3. The highest BCUT2D eigenvalue weighted by molar-refractivity contribution is 7.89. The number of nitrogens with two attached hydrogens (primary N) is 1. The van der Waals surface area contributed by atoms with Crippen LogP contribution in [0.2, 0.25) is 0 Å². The summed E-state index contributed by atoms with van der Waals surface area (Å²) in [4.78, 5) is 26.2. The standard InChI is InChI=1S/C19H20N4O6S/c20-30(26,27)15-4-1-12(2-5-15)21-19(25)22-13-9-18(24)23(11-13)14-3-6-16-17(10-14)29-8-7-28-16/h1-6,10,13H,7-9,11H2,(H2,20,26,27)(H2,21,22,25)/t13-/m1/s1. The average Bonchev–Trinajstić information content (AvgIpc) is 3.07. The number of nitrogens with zero attached hydrogens (tertiary/aromatic N) is 1. The third kappa shape index (κ3) is 4.31. The van der Waals surface area contributed by atoms with Gasteiger partial charge in [-0.25, -0.2) is 18.4 Å². The fourth-order valence-electron chi connectivity index (χ4n) is 3.33. The van der Waals surface area contributed by atoms with E-state index in [1.165, 1.54) is 24.3 Å². The third-order valence-electron chi connectivity index (χ3n) is 4.74. The fraction of sp³-hybridized carbons (Fsp3) is 0.263. The van der Waals surface area contributed by atoms with Crippen LogP contribution in [0.25, 0.3) is 0 Å². The highest BCUT2D eigenvalue weighted by Crippen LogP contribution is 2.35. The molecule has 4 rings (SSSR count). The van der Waals surface area contributed by atoms with E-state index in [-0.39, 0.29) is 23.3 Å². The van der Waals surface area contributed by atoms with Gasteiger partial charge in [0.25, 0.3) is 0 Å². The van der Waals surface area contributed by atoms with Gasteiger partial charge in [-0.3, -0.25) is 4.79 Å². The Morgan fingerprint density at radius 3 is 2.47 bits per heavy atom. The monoisotopic (exact) mass is 432 g/mol. The van der Waals surface area contributed by atoms with Gasteiger partial charge in [-0.05, 0) is 36.4 Å². The van der Waals surface area contributed by atoms with Gasteiger partial charge in [0.15, 0.2) is 11.5 Å². The molecule has 0 saturated carbocycles. The molecule has 1 fully saturated rings. The topological polar surface area (TPSA) is 140 Å². The Labute approximate surface area is 173 Å². The van der Waals surface area contributed by atoms with Gasteiger partial charge >= 0.3 is 6.03 Å². The van der Waals surface area contributed by atoms with Gasteiger partial charge in [-0.15, -0.1) is 0 Å². The minimum Gasteiger partial charge on any atom is -0.486 e. The number of hydrogen-bond donors (Lipinski definition) is 3. The first-order chi connectivity index (χ1) is 14.3. The van der Waals surface area contributed by atoms with Crippen LogP contribution in [0.5, 0.6) is 11.5 Å². The molecule has 0 bridgehead atoms. The Morgan fingerprint density at radius 2 is 1.77 bits per heavy atom. The number of carbonyl (C=O) groups excluding carboxylic acids is 2. The van der Waals surface area contributed by atoms with Crippen molar-refractivity contribution in [2.45, 2.75) is 17.4 Å². The van der Waals surface area contributed by atoms with Crippen molar-refractivity contribution in [1.29, 1.82) is 0 Å². The molecule has 0 aliphatic carbocycles. The lowest BCUT2D eigenvalue weighted by molar-refractivity contribution is -0.117. The molecule has 2 aromatic carbocycles. The van der Waals surface area contributed by atoms with Crippen LogP contribution in [0.3, 0.4) is 0 Å². The molecule has 0 unspecified atom stereocenters. The van der Waals surface area contributed by atoms with Crippen LogP contribution < -0.4 is 30.1 Å². The predicted octanol–water partition coefficient (Wildman–Crippen LogP) is 1.03. The summed E-state index contributed by atoms with van der Waals surface area (Å²) in [5.74, 6) is 1.11. The van der Waals surface area contributed by atoms with Gasteiger partial charge in [0.2, 0.25) is 15.9 Å². The smallest absolute Gasteiger partial charge is 0.319 e. The summed E-state index contributed by atoms with van der Waals surface area (Å²) in [6.07, 6.45) is 0.159. The lowest BCUT2D eigenvalue weighted by Gasteiger charge is -2.22. The number of sulfonamides is 1. The maximum Gasteiger partial charge on any atom is 0.319 e. The molecule has 30 heavy (non-hydrogen) atoms. The summed E-state index contributed by atoms with van der Waals surface area (Å²) in [6.45, 7) is 1.25. The molecule has 4 N–H and O–H groups in total. The molecule has 2 aliphatic heterocycles. The SMILES string of the molecule is NS(=O)(=O)c1ccc(NC(=O)N[C@@H]2CC(=O)N(c3ccc4c(c3)OCCO4)C2)cc1. The summed E-state index contributed by atoms with van der Waals surface area (Å²) in [7, 11) is -3.80. The van der Waals surface area contributed by atoms with Crippen molar-refractivity contribution < 1.29 is 27.5 Å². The molecule has 10 nitrogen and oxygen atoms in total. The van der Waals surface area contributed by atoms with Crippen LogP contribution in [0, 0.1) is 0 Å². The number of nitrogens with one attached hydrogen (secondary N) is 2. The highest BCUT2D eigenvalue weighted by atomic mass is 32.2. The van der Waals surface area contributed by atoms with E-state index in [4.69, 9.17) is 14.6 Å². The van der Waals surface area contributed by atoms with Crippen LogP contribution in [0.4, 0.5) is 16.2 Å². The van der Waals surface area contributed by atoms with Crippen LogP contribution >= 0.6 is 0 Å². The first-order valence-corrected chi connectivity index (χ1v) is 10.7. The molecule has 0 aromatic heterocycles. The van der Waals surface area contributed by atoms with E-state index in [2.05, 4.69) is 10.6 Å². The van der Waals surface area contributed by atoms with Crippen molar-refractivity contribution in [1.82, 2.24) is 5.32 Å². The Hall–Kier alpha value is -3.31. The average molecular weight is 432 g/mol. The predicted molar refractivity (Wildman–Crippen MR) is 108 cm³/mol. The second-order valence-corrected chi connectivity index (χ2v) is 8.46. The summed E-state index contributed by atoms with van der Waals surface area (Å²) >= 11 is 0. The van der Waals surface area contributed by atoms with Gasteiger partial charge in [0.1, 0.15) is 13.2 Å². The van der Waals surface area contributed by atoms with Gasteiger partial charge in [-0.2, -0.15) is 0 Å². The largest absolute Gasteiger partial charge is 0.486 e. The van der Waals surface area contributed by atoms with Gasteiger partial charge in [0, 0.05) is 30.4 Å². The normalized spacial score (nSPS) is 18.2. The zero-order valence-electron chi connectivity index (χ0n) is 15.8. The van der Waals surface area contributed by atoms with Crippen LogP contribution in [0.1, 0.15) is 6.42 Å². The maximum absolute atomic E-state index is 12.4. The summed E-state index contributed by atoms with van der Waals surface area (Å²) in [6, 6.07) is 9.87. The van der Waals surface area contributed by atoms with Crippen molar-refractivity contribution >= 4 is 33.3 Å². The Bertz CT molecular complexity index is 1090. The van der Waals surface area contributed by atoms with Crippen molar-refractivity contribution in [2.75, 3.05) is 30.0 Å². The van der Waals surface area contributed by atoms with E-state index in [9.17, 15) is 18.0 Å². The molecular formula is C19H20N4O6S. The van der Waals surface area contributed by atoms with Crippen molar-refractivity contribution in [2.24, 2.45) is 5.14 Å². The molecule has 0 radical (unpaired) electrons.